The maximum absolute atomic E-state index is 12.9. The highest BCUT2D eigenvalue weighted by molar-refractivity contribution is 5.94. The van der Waals surface area contributed by atoms with Crippen molar-refractivity contribution >= 4 is 12.0 Å². The Morgan fingerprint density at radius 2 is 1.83 bits per heavy atom. The first kappa shape index (κ1) is 20.8. The molecule has 1 atom stereocenters. The highest BCUT2D eigenvalue weighted by atomic mass is 19.1. The second-order valence-corrected chi connectivity index (χ2v) is 6.68. The van der Waals surface area contributed by atoms with Crippen molar-refractivity contribution in [3.8, 4) is 0 Å². The highest BCUT2D eigenvalue weighted by Crippen LogP contribution is 2.10. The smallest absolute Gasteiger partial charge is 0.410 e. The number of ether oxygens (including phenoxy) is 2. The second kappa shape index (κ2) is 9.99. The zero-order valence-corrected chi connectivity index (χ0v) is 15.8. The Morgan fingerprint density at radius 1 is 1.14 bits per heavy atom. The monoisotopic (exact) mass is 402 g/mol. The Labute approximate surface area is 168 Å². The summed E-state index contributed by atoms with van der Waals surface area (Å²) in [5.74, 6) is -0.600. The Bertz CT molecular complexity index is 826. The Kier molecular flexibility index (Phi) is 7.15. The van der Waals surface area contributed by atoms with Gasteiger partial charge in [-0.2, -0.15) is 0 Å². The number of morpholine rings is 1. The molecule has 1 heterocycles. The summed E-state index contributed by atoms with van der Waals surface area (Å²) >= 11 is 0. The van der Waals surface area contributed by atoms with Gasteiger partial charge in [-0.3, -0.25) is 4.79 Å². The number of benzene rings is 2. The van der Waals surface area contributed by atoms with Crippen LogP contribution in [0.4, 0.5) is 9.18 Å². The molecule has 0 unspecified atom stereocenters. The van der Waals surface area contributed by atoms with Crippen LogP contribution in [-0.4, -0.2) is 54.4 Å². The van der Waals surface area contributed by atoms with Crippen LogP contribution in [0.25, 0.3) is 0 Å². The van der Waals surface area contributed by atoms with Gasteiger partial charge in [0.25, 0.3) is 5.91 Å². The van der Waals surface area contributed by atoms with E-state index in [-0.39, 0.29) is 37.6 Å². The van der Waals surface area contributed by atoms with Crippen LogP contribution in [0.2, 0.25) is 0 Å². The van der Waals surface area contributed by atoms with E-state index < -0.39 is 6.09 Å². The summed E-state index contributed by atoms with van der Waals surface area (Å²) in [5.41, 5.74) is 1.91. The van der Waals surface area contributed by atoms with Crippen molar-refractivity contribution in [3.63, 3.8) is 0 Å². The van der Waals surface area contributed by atoms with Crippen molar-refractivity contribution in [2.45, 2.75) is 19.3 Å². The number of aliphatic hydroxyl groups excluding tert-OH is 1. The SMILES string of the molecule is O=C(NC[C@@H]1CN(C(=O)OCc2ccc(F)cc2)CCO1)c1ccc(CO)cc1. The molecule has 1 aliphatic heterocycles. The van der Waals surface area contributed by atoms with E-state index in [0.717, 1.165) is 5.56 Å². The maximum Gasteiger partial charge on any atom is 0.410 e. The van der Waals surface area contributed by atoms with Gasteiger partial charge in [-0.25, -0.2) is 9.18 Å². The molecule has 1 fully saturated rings. The van der Waals surface area contributed by atoms with E-state index in [1.54, 1.807) is 36.4 Å². The molecule has 7 nitrogen and oxygen atoms in total. The number of carbonyl (C=O) groups excluding carboxylic acids is 2. The molecule has 29 heavy (non-hydrogen) atoms. The van der Waals surface area contributed by atoms with Gasteiger partial charge in [-0.1, -0.05) is 24.3 Å². The number of aliphatic hydroxyl groups is 1. The number of halogens is 1. The van der Waals surface area contributed by atoms with Crippen molar-refractivity contribution in [2.24, 2.45) is 0 Å². The fourth-order valence-corrected chi connectivity index (χ4v) is 2.90. The van der Waals surface area contributed by atoms with Gasteiger partial charge in [0.15, 0.2) is 0 Å². The molecule has 2 amide bonds. The van der Waals surface area contributed by atoms with Gasteiger partial charge in [0, 0.05) is 18.7 Å². The van der Waals surface area contributed by atoms with Crippen LogP contribution in [0.15, 0.2) is 48.5 Å². The standard InChI is InChI=1S/C21H23FN2O5/c22-18-7-3-16(4-8-18)14-29-21(27)24-9-10-28-19(12-24)11-23-20(26)17-5-1-15(13-25)2-6-17/h1-8,19,25H,9-14H2,(H,23,26)/t19-/m1/s1. The van der Waals surface area contributed by atoms with E-state index in [1.807, 2.05) is 0 Å². The number of carbonyl (C=O) groups is 2. The number of hydrogen-bond donors (Lipinski definition) is 2. The van der Waals surface area contributed by atoms with Crippen LogP contribution in [-0.2, 0) is 22.7 Å². The first-order chi connectivity index (χ1) is 14.0. The molecule has 2 aromatic carbocycles. The van der Waals surface area contributed by atoms with Crippen LogP contribution in [0.5, 0.6) is 0 Å². The molecule has 0 aromatic heterocycles. The molecule has 154 valence electrons. The lowest BCUT2D eigenvalue weighted by Crippen LogP contribution is -2.49. The number of nitrogens with zero attached hydrogens (tertiary/aromatic N) is 1. The molecule has 2 N–H and O–H groups in total. The van der Waals surface area contributed by atoms with Gasteiger partial charge in [-0.05, 0) is 35.4 Å². The normalized spacial score (nSPS) is 16.3. The molecule has 0 aliphatic carbocycles. The molecule has 8 heteroatoms. The van der Waals surface area contributed by atoms with E-state index in [9.17, 15) is 14.0 Å². The summed E-state index contributed by atoms with van der Waals surface area (Å²) in [7, 11) is 0. The van der Waals surface area contributed by atoms with Gasteiger partial charge in [0.2, 0.25) is 0 Å². The van der Waals surface area contributed by atoms with Crippen LogP contribution in [0, 0.1) is 5.82 Å². The first-order valence-corrected chi connectivity index (χ1v) is 9.31. The third-order valence-electron chi connectivity index (χ3n) is 4.56. The predicted molar refractivity (Wildman–Crippen MR) is 103 cm³/mol. The van der Waals surface area contributed by atoms with Crippen molar-refractivity contribution < 1.29 is 28.6 Å². The molecule has 0 spiro atoms. The lowest BCUT2D eigenvalue weighted by atomic mass is 10.1. The quantitative estimate of drug-likeness (QED) is 0.773. The molecule has 0 saturated carbocycles. The summed E-state index contributed by atoms with van der Waals surface area (Å²) in [6.07, 6.45) is -0.823. The number of hydrogen-bond acceptors (Lipinski definition) is 5. The number of nitrogens with one attached hydrogen (secondary N) is 1. The Balaban J connectivity index is 1.44. The third kappa shape index (κ3) is 6.00. The number of amides is 2. The molecule has 3 rings (SSSR count). The fourth-order valence-electron chi connectivity index (χ4n) is 2.90. The fraction of sp³-hybridized carbons (Fsp3) is 0.333. The van der Waals surface area contributed by atoms with Gasteiger partial charge in [0.1, 0.15) is 12.4 Å². The molecule has 1 saturated heterocycles. The minimum absolute atomic E-state index is 0.0573. The van der Waals surface area contributed by atoms with Gasteiger partial charge >= 0.3 is 6.09 Å². The van der Waals surface area contributed by atoms with Crippen LogP contribution >= 0.6 is 0 Å². The van der Waals surface area contributed by atoms with Gasteiger partial charge in [-0.15, -0.1) is 0 Å². The van der Waals surface area contributed by atoms with Crippen molar-refractivity contribution in [3.05, 3.63) is 71.0 Å². The van der Waals surface area contributed by atoms with Crippen molar-refractivity contribution in [1.29, 1.82) is 0 Å². The summed E-state index contributed by atoms with van der Waals surface area (Å²) in [4.78, 5) is 26.0. The van der Waals surface area contributed by atoms with E-state index >= 15 is 0 Å². The molecular weight excluding hydrogens is 379 g/mol. The average molecular weight is 402 g/mol. The first-order valence-electron chi connectivity index (χ1n) is 9.31. The van der Waals surface area contributed by atoms with Crippen LogP contribution < -0.4 is 5.32 Å². The van der Waals surface area contributed by atoms with E-state index in [2.05, 4.69) is 5.32 Å². The van der Waals surface area contributed by atoms with Gasteiger partial charge in [0.05, 0.1) is 25.9 Å². The lowest BCUT2D eigenvalue weighted by molar-refractivity contribution is -0.0263. The summed E-state index contributed by atoms with van der Waals surface area (Å²) in [6.45, 7) is 1.27. The Morgan fingerprint density at radius 3 is 2.52 bits per heavy atom. The molecular formula is C21H23FN2O5. The van der Waals surface area contributed by atoms with Crippen molar-refractivity contribution in [1.82, 2.24) is 10.2 Å². The van der Waals surface area contributed by atoms with E-state index in [1.165, 1.54) is 17.0 Å². The molecule has 0 bridgehead atoms. The minimum atomic E-state index is -0.478. The van der Waals surface area contributed by atoms with E-state index in [4.69, 9.17) is 14.6 Å². The molecule has 2 aromatic rings. The summed E-state index contributed by atoms with van der Waals surface area (Å²) in [6, 6.07) is 12.4. The second-order valence-electron chi connectivity index (χ2n) is 6.68. The van der Waals surface area contributed by atoms with Crippen molar-refractivity contribution in [2.75, 3.05) is 26.2 Å². The predicted octanol–water partition coefficient (Wildman–Crippen LogP) is 2.09. The summed E-state index contributed by atoms with van der Waals surface area (Å²) < 4.78 is 23.8. The maximum atomic E-state index is 12.9. The largest absolute Gasteiger partial charge is 0.445 e. The average Bonchev–Trinajstić information content (AvgIpc) is 2.77. The van der Waals surface area contributed by atoms with Crippen LogP contribution in [0.3, 0.4) is 0 Å². The topological polar surface area (TPSA) is 88.1 Å². The summed E-state index contributed by atoms with van der Waals surface area (Å²) in [5, 5.41) is 11.8. The third-order valence-corrected chi connectivity index (χ3v) is 4.56. The molecule has 1 aliphatic rings. The lowest BCUT2D eigenvalue weighted by Gasteiger charge is -2.32. The van der Waals surface area contributed by atoms with Gasteiger partial charge < -0.3 is 24.8 Å². The molecule has 0 radical (unpaired) electrons. The zero-order valence-electron chi connectivity index (χ0n) is 15.8. The van der Waals surface area contributed by atoms with Crippen LogP contribution in [0.1, 0.15) is 21.5 Å². The van der Waals surface area contributed by atoms with E-state index in [0.29, 0.717) is 30.8 Å². The minimum Gasteiger partial charge on any atom is -0.445 e. The number of rotatable bonds is 6. The zero-order chi connectivity index (χ0) is 20.6. The Hall–Kier alpha value is -2.97. The highest BCUT2D eigenvalue weighted by Gasteiger charge is 2.25.